The minimum absolute atomic E-state index is 0.0557. The van der Waals surface area contributed by atoms with Crippen molar-refractivity contribution in [1.82, 2.24) is 5.32 Å². The average Bonchev–Trinajstić information content (AvgIpc) is 3.14. The Kier molecular flexibility index (Phi) is 9.13. The summed E-state index contributed by atoms with van der Waals surface area (Å²) < 4.78 is 24.8. The van der Waals surface area contributed by atoms with Gasteiger partial charge in [-0.1, -0.05) is 35.9 Å². The highest BCUT2D eigenvalue weighted by Gasteiger charge is 2.53. The zero-order valence-corrected chi connectivity index (χ0v) is 22.7. The molecule has 0 saturated carbocycles. The molecule has 0 aromatic heterocycles. The van der Waals surface area contributed by atoms with Crippen LogP contribution in [0.15, 0.2) is 72.8 Å². The number of ether oxygens (including phenoxy) is 2. The van der Waals surface area contributed by atoms with Crippen molar-refractivity contribution in [2.45, 2.75) is 39.0 Å². The highest BCUT2D eigenvalue weighted by molar-refractivity contribution is 6.12. The summed E-state index contributed by atoms with van der Waals surface area (Å²) in [4.78, 5) is 42.3. The minimum atomic E-state index is -1.74. The zero-order chi connectivity index (χ0) is 28.7. The van der Waals surface area contributed by atoms with E-state index >= 15 is 0 Å². The second-order valence-corrected chi connectivity index (χ2v) is 9.36. The third-order valence-corrected chi connectivity index (χ3v) is 6.49. The lowest BCUT2D eigenvalue weighted by molar-refractivity contribution is -0.138. The van der Waals surface area contributed by atoms with E-state index in [-0.39, 0.29) is 13.0 Å². The van der Waals surface area contributed by atoms with Crippen LogP contribution >= 0.6 is 0 Å². The van der Waals surface area contributed by atoms with E-state index in [1.165, 1.54) is 29.2 Å². The molecule has 9 nitrogen and oxygen atoms in total. The van der Waals surface area contributed by atoms with Gasteiger partial charge in [-0.2, -0.15) is 0 Å². The molecule has 4 rings (SSSR count). The summed E-state index contributed by atoms with van der Waals surface area (Å²) in [5.74, 6) is -1.43. The third kappa shape index (κ3) is 6.47. The van der Waals surface area contributed by atoms with E-state index in [9.17, 15) is 18.8 Å². The average molecular weight is 549 g/mol. The van der Waals surface area contributed by atoms with Gasteiger partial charge in [-0.15, -0.1) is 0 Å². The molecule has 0 fully saturated rings. The topological polar surface area (TPSA) is 109 Å². The summed E-state index contributed by atoms with van der Waals surface area (Å²) in [6, 6.07) is 18.7. The van der Waals surface area contributed by atoms with Crippen LogP contribution in [0.3, 0.4) is 0 Å². The fourth-order valence-corrected chi connectivity index (χ4v) is 4.69. The van der Waals surface area contributed by atoms with Crippen LogP contribution in [0, 0.1) is 12.7 Å². The molecule has 1 aliphatic rings. The fraction of sp³-hybridized carbons (Fsp3) is 0.300. The Hall–Kier alpha value is -4.28. The smallest absolute Gasteiger partial charge is 0.320 e. The van der Waals surface area contributed by atoms with Gasteiger partial charge in [0.2, 0.25) is 5.91 Å². The summed E-state index contributed by atoms with van der Waals surface area (Å²) >= 11 is 0. The summed E-state index contributed by atoms with van der Waals surface area (Å²) in [7, 11) is 0. The second kappa shape index (κ2) is 12.7. The number of aryl methyl sites for hydroxylation is 1. The maximum Gasteiger partial charge on any atom is 0.320 e. The molecular formula is C30H33FN4O5. The molecule has 1 aliphatic heterocycles. The van der Waals surface area contributed by atoms with Crippen molar-refractivity contribution in [2.24, 2.45) is 0 Å². The van der Waals surface area contributed by atoms with E-state index in [2.05, 4.69) is 16.0 Å². The number of fused-ring (bicyclic) bond motifs is 1. The first-order valence-electron chi connectivity index (χ1n) is 13.1. The van der Waals surface area contributed by atoms with Crippen LogP contribution in [-0.2, 0) is 24.6 Å². The Morgan fingerprint density at radius 3 is 2.15 bits per heavy atom. The third-order valence-electron chi connectivity index (χ3n) is 6.49. The first kappa shape index (κ1) is 28.7. The monoisotopic (exact) mass is 548 g/mol. The number of anilines is 3. The molecular weight excluding hydrogens is 515 g/mol. The van der Waals surface area contributed by atoms with E-state index in [1.54, 1.807) is 36.4 Å². The lowest BCUT2D eigenvalue weighted by Gasteiger charge is -2.30. The van der Waals surface area contributed by atoms with Gasteiger partial charge in [0.05, 0.1) is 18.7 Å². The molecule has 10 heteroatoms. The normalized spacial score (nSPS) is 16.1. The standard InChI is InChI=1S/C30H33FN4O5/c1-4-39-27(40-5-2)19-35-25-9-7-6-8-24(25)30(28(35)37,18-26(36)32-22-14-10-20(3)11-15-22)34-29(38)33-23-16-12-21(31)13-17-23/h6-17,27H,4-5,18-19H2,1-3H3,(H,32,36)(H2,33,34,38)/t30-/m0/s1. The maximum atomic E-state index is 14.2. The second-order valence-electron chi connectivity index (χ2n) is 9.36. The van der Waals surface area contributed by atoms with E-state index < -0.39 is 35.5 Å². The van der Waals surface area contributed by atoms with Gasteiger partial charge in [-0.05, 0) is 63.2 Å². The predicted molar refractivity (Wildman–Crippen MR) is 150 cm³/mol. The van der Waals surface area contributed by atoms with E-state index in [0.29, 0.717) is 35.8 Å². The molecule has 0 unspecified atom stereocenters. The van der Waals surface area contributed by atoms with E-state index in [4.69, 9.17) is 9.47 Å². The lowest BCUT2D eigenvalue weighted by Crippen LogP contribution is -2.56. The van der Waals surface area contributed by atoms with Gasteiger partial charge in [-0.25, -0.2) is 9.18 Å². The Morgan fingerprint density at radius 2 is 1.50 bits per heavy atom. The SMILES string of the molecule is CCOC(CN1C(=O)[C@@](CC(=O)Nc2ccc(C)cc2)(NC(=O)Nc2ccc(F)cc2)c2ccccc21)OCC. The zero-order valence-electron chi connectivity index (χ0n) is 22.7. The number of hydrogen-bond donors (Lipinski definition) is 3. The predicted octanol–water partition coefficient (Wildman–Crippen LogP) is 4.93. The van der Waals surface area contributed by atoms with Gasteiger partial charge < -0.3 is 30.3 Å². The van der Waals surface area contributed by atoms with Gasteiger partial charge in [0.15, 0.2) is 11.8 Å². The van der Waals surface area contributed by atoms with Gasteiger partial charge >= 0.3 is 6.03 Å². The molecule has 1 atom stereocenters. The van der Waals surface area contributed by atoms with Crippen LogP contribution in [0.5, 0.6) is 0 Å². The van der Waals surface area contributed by atoms with Crippen molar-refractivity contribution in [3.63, 3.8) is 0 Å². The number of urea groups is 1. The molecule has 3 aromatic rings. The van der Waals surface area contributed by atoms with Crippen molar-refractivity contribution in [3.05, 3.63) is 89.7 Å². The molecule has 40 heavy (non-hydrogen) atoms. The number of rotatable bonds is 11. The number of para-hydroxylation sites is 1. The van der Waals surface area contributed by atoms with Crippen molar-refractivity contribution < 1.29 is 28.2 Å². The van der Waals surface area contributed by atoms with Crippen LogP contribution in [0.2, 0.25) is 0 Å². The molecule has 0 bridgehead atoms. The Balaban J connectivity index is 1.69. The molecule has 1 heterocycles. The highest BCUT2D eigenvalue weighted by Crippen LogP contribution is 2.43. The Labute approximate surface area is 232 Å². The first-order chi connectivity index (χ1) is 19.3. The molecule has 210 valence electrons. The molecule has 0 saturated heterocycles. The summed E-state index contributed by atoms with van der Waals surface area (Å²) in [5, 5.41) is 8.23. The number of nitrogens with one attached hydrogen (secondary N) is 3. The number of benzene rings is 3. The van der Waals surface area contributed by atoms with Crippen LogP contribution in [-0.4, -0.2) is 43.9 Å². The molecule has 4 amide bonds. The van der Waals surface area contributed by atoms with Crippen LogP contribution in [0.25, 0.3) is 0 Å². The van der Waals surface area contributed by atoms with Crippen LogP contribution in [0.4, 0.5) is 26.2 Å². The number of halogens is 1. The Morgan fingerprint density at radius 1 is 0.900 bits per heavy atom. The summed E-state index contributed by atoms with van der Waals surface area (Å²) in [6.07, 6.45) is -1.09. The van der Waals surface area contributed by atoms with Gasteiger partial charge in [0.1, 0.15) is 5.82 Å². The van der Waals surface area contributed by atoms with E-state index in [0.717, 1.165) is 5.56 Å². The lowest BCUT2D eigenvalue weighted by atomic mass is 9.87. The van der Waals surface area contributed by atoms with Crippen molar-refractivity contribution in [1.29, 1.82) is 0 Å². The summed E-state index contributed by atoms with van der Waals surface area (Å²) in [5.41, 5.74) is 1.16. The van der Waals surface area contributed by atoms with Crippen molar-refractivity contribution in [2.75, 3.05) is 35.3 Å². The molecule has 0 aliphatic carbocycles. The highest BCUT2D eigenvalue weighted by atomic mass is 19.1. The Bertz CT molecular complexity index is 1280. The summed E-state index contributed by atoms with van der Waals surface area (Å²) in [6.45, 7) is 6.39. The van der Waals surface area contributed by atoms with Crippen LogP contribution < -0.4 is 20.9 Å². The number of carbonyl (C=O) groups is 3. The number of amides is 4. The number of nitrogens with zero attached hydrogens (tertiary/aromatic N) is 1. The minimum Gasteiger partial charge on any atom is -0.351 e. The largest absolute Gasteiger partial charge is 0.351 e. The van der Waals surface area contributed by atoms with Crippen LogP contribution in [0.1, 0.15) is 31.4 Å². The fourth-order valence-electron chi connectivity index (χ4n) is 4.69. The maximum absolute atomic E-state index is 14.2. The number of hydrogen-bond acceptors (Lipinski definition) is 5. The molecule has 3 aromatic carbocycles. The van der Waals surface area contributed by atoms with Gasteiger partial charge in [0.25, 0.3) is 5.91 Å². The molecule has 3 N–H and O–H groups in total. The molecule has 0 spiro atoms. The van der Waals surface area contributed by atoms with Crippen molar-refractivity contribution in [3.8, 4) is 0 Å². The first-order valence-corrected chi connectivity index (χ1v) is 13.1. The quantitative estimate of drug-likeness (QED) is 0.295. The molecule has 0 radical (unpaired) electrons. The van der Waals surface area contributed by atoms with Gasteiger partial charge in [-0.3, -0.25) is 9.59 Å². The van der Waals surface area contributed by atoms with Gasteiger partial charge in [0, 0.05) is 30.2 Å². The van der Waals surface area contributed by atoms with Crippen molar-refractivity contribution >= 4 is 34.9 Å². The number of carbonyl (C=O) groups excluding carboxylic acids is 3. The van der Waals surface area contributed by atoms with E-state index in [1.807, 2.05) is 32.9 Å².